The summed E-state index contributed by atoms with van der Waals surface area (Å²) in [5.74, 6) is 0. The van der Waals surface area contributed by atoms with Crippen molar-refractivity contribution in [1.82, 2.24) is 19.1 Å². The van der Waals surface area contributed by atoms with E-state index >= 15 is 0 Å². The molecule has 0 bridgehead atoms. The molecule has 0 aliphatic heterocycles. The molecule has 3 rings (SSSR count). The van der Waals surface area contributed by atoms with Gasteiger partial charge in [-0.15, -0.1) is 6.58 Å². The quantitative estimate of drug-likeness (QED) is 0.563. The van der Waals surface area contributed by atoms with E-state index in [9.17, 15) is 9.59 Å². The average Bonchev–Trinajstić information content (AvgIpc) is 2.93. The summed E-state index contributed by atoms with van der Waals surface area (Å²) in [6, 6.07) is 8.13. The lowest BCUT2D eigenvalue weighted by Crippen LogP contribution is -2.29. The molecule has 0 saturated carbocycles. The largest absolute Gasteiger partial charge is 0.329 e. The van der Waals surface area contributed by atoms with E-state index < -0.39 is 11.2 Å². The predicted molar refractivity (Wildman–Crippen MR) is 101 cm³/mol. The van der Waals surface area contributed by atoms with Gasteiger partial charge in [0.05, 0.1) is 6.54 Å². The van der Waals surface area contributed by atoms with Crippen LogP contribution in [0, 0.1) is 6.92 Å². The Morgan fingerprint density at radius 1 is 1.32 bits per heavy atom. The molecule has 3 aromatic rings. The number of H-pyrrole nitrogens is 1. The van der Waals surface area contributed by atoms with Crippen molar-refractivity contribution in [3.63, 3.8) is 0 Å². The van der Waals surface area contributed by atoms with Crippen molar-refractivity contribution in [1.29, 1.82) is 0 Å². The summed E-state index contributed by atoms with van der Waals surface area (Å²) in [6.07, 6.45) is 1.82. The SMILES string of the molecule is C=CC(C)Sc1nc2c(c(=O)[nH]c(=O)n2C)n1Cc1ccc(C)cc1. The van der Waals surface area contributed by atoms with E-state index in [1.807, 2.05) is 48.8 Å². The summed E-state index contributed by atoms with van der Waals surface area (Å²) in [4.78, 5) is 31.2. The number of aryl methyl sites for hydroxylation is 2. The van der Waals surface area contributed by atoms with Crippen molar-refractivity contribution in [2.45, 2.75) is 30.8 Å². The number of rotatable bonds is 5. The van der Waals surface area contributed by atoms with Gasteiger partial charge >= 0.3 is 5.69 Å². The van der Waals surface area contributed by atoms with Gasteiger partial charge in [0.15, 0.2) is 16.3 Å². The lowest BCUT2D eigenvalue weighted by atomic mass is 10.1. The first-order chi connectivity index (χ1) is 11.9. The molecule has 0 fully saturated rings. The van der Waals surface area contributed by atoms with E-state index in [0.717, 1.165) is 5.56 Å². The number of nitrogens with one attached hydrogen (secondary N) is 1. The van der Waals surface area contributed by atoms with Gasteiger partial charge in [0.2, 0.25) is 0 Å². The summed E-state index contributed by atoms with van der Waals surface area (Å²) < 4.78 is 3.23. The molecule has 7 heteroatoms. The maximum absolute atomic E-state index is 12.4. The number of hydrogen-bond acceptors (Lipinski definition) is 4. The molecule has 0 radical (unpaired) electrons. The molecule has 130 valence electrons. The summed E-state index contributed by atoms with van der Waals surface area (Å²) in [7, 11) is 1.61. The van der Waals surface area contributed by atoms with Crippen LogP contribution in [0.3, 0.4) is 0 Å². The highest BCUT2D eigenvalue weighted by Gasteiger charge is 2.19. The normalized spacial score (nSPS) is 12.4. The Morgan fingerprint density at radius 3 is 2.64 bits per heavy atom. The molecular weight excluding hydrogens is 336 g/mol. The predicted octanol–water partition coefficient (Wildman–Crippen LogP) is 2.45. The summed E-state index contributed by atoms with van der Waals surface area (Å²) in [6.45, 7) is 8.35. The van der Waals surface area contributed by atoms with Crippen LogP contribution in [0.15, 0.2) is 51.7 Å². The number of aromatic amines is 1. The monoisotopic (exact) mass is 356 g/mol. The van der Waals surface area contributed by atoms with Crippen molar-refractivity contribution >= 4 is 22.9 Å². The van der Waals surface area contributed by atoms with E-state index in [-0.39, 0.29) is 5.25 Å². The van der Waals surface area contributed by atoms with E-state index in [1.165, 1.54) is 21.9 Å². The molecule has 2 heterocycles. The van der Waals surface area contributed by atoms with Crippen molar-refractivity contribution in [3.8, 4) is 0 Å². The van der Waals surface area contributed by atoms with Crippen molar-refractivity contribution in [2.75, 3.05) is 0 Å². The zero-order valence-electron chi connectivity index (χ0n) is 14.4. The third-order valence-corrected chi connectivity index (χ3v) is 5.14. The van der Waals surface area contributed by atoms with Gasteiger partial charge in [0, 0.05) is 12.3 Å². The van der Waals surface area contributed by atoms with Crippen molar-refractivity contribution < 1.29 is 0 Å². The second-order valence-electron chi connectivity index (χ2n) is 6.02. The van der Waals surface area contributed by atoms with Gasteiger partial charge in [-0.05, 0) is 19.4 Å². The van der Waals surface area contributed by atoms with Crippen LogP contribution in [0.5, 0.6) is 0 Å². The zero-order valence-corrected chi connectivity index (χ0v) is 15.3. The van der Waals surface area contributed by atoms with Crippen LogP contribution in [0.1, 0.15) is 18.1 Å². The maximum Gasteiger partial charge on any atom is 0.329 e. The number of thioether (sulfide) groups is 1. The third-order valence-electron chi connectivity index (χ3n) is 4.06. The second kappa shape index (κ2) is 6.76. The topological polar surface area (TPSA) is 72.7 Å². The molecule has 1 unspecified atom stereocenters. The van der Waals surface area contributed by atoms with Crippen LogP contribution in [0.25, 0.3) is 11.2 Å². The van der Waals surface area contributed by atoms with Gasteiger partial charge < -0.3 is 4.57 Å². The van der Waals surface area contributed by atoms with Crippen LogP contribution in [-0.2, 0) is 13.6 Å². The average molecular weight is 356 g/mol. The molecule has 1 atom stereocenters. The van der Waals surface area contributed by atoms with Crippen LogP contribution in [-0.4, -0.2) is 24.4 Å². The minimum Gasteiger partial charge on any atom is -0.309 e. The van der Waals surface area contributed by atoms with E-state index in [1.54, 1.807) is 7.05 Å². The number of benzene rings is 1. The highest BCUT2D eigenvalue weighted by molar-refractivity contribution is 7.99. The third kappa shape index (κ3) is 3.32. The summed E-state index contributed by atoms with van der Waals surface area (Å²) in [5, 5.41) is 0.819. The number of imidazole rings is 1. The first-order valence-electron chi connectivity index (χ1n) is 7.95. The Kier molecular flexibility index (Phi) is 4.67. The van der Waals surface area contributed by atoms with Crippen LogP contribution in [0.2, 0.25) is 0 Å². The van der Waals surface area contributed by atoms with Gasteiger partial charge in [-0.2, -0.15) is 0 Å². The Hall–Kier alpha value is -2.54. The second-order valence-corrected chi connectivity index (χ2v) is 7.36. The standard InChI is InChI=1S/C18H20N4O2S/c1-5-12(3)25-18-19-15-14(16(23)20-17(24)21(15)4)22(18)10-13-8-6-11(2)7-9-13/h5-9,12H,1,10H2,2-4H3,(H,20,23,24). The van der Waals surface area contributed by atoms with E-state index in [2.05, 4.69) is 16.5 Å². The van der Waals surface area contributed by atoms with E-state index in [4.69, 9.17) is 0 Å². The Labute approximate surface area is 149 Å². The molecular formula is C18H20N4O2S. The van der Waals surface area contributed by atoms with Gasteiger partial charge in [-0.3, -0.25) is 14.3 Å². The number of hydrogen-bond donors (Lipinski definition) is 1. The minimum atomic E-state index is -0.467. The first-order valence-corrected chi connectivity index (χ1v) is 8.83. The first kappa shape index (κ1) is 17.3. The van der Waals surface area contributed by atoms with E-state index in [0.29, 0.717) is 22.9 Å². The minimum absolute atomic E-state index is 0.129. The fraction of sp³-hybridized carbons (Fsp3) is 0.278. The van der Waals surface area contributed by atoms with Crippen molar-refractivity contribution in [3.05, 3.63) is 68.9 Å². The molecule has 2 aromatic heterocycles. The zero-order chi connectivity index (χ0) is 18.1. The highest BCUT2D eigenvalue weighted by atomic mass is 32.2. The highest BCUT2D eigenvalue weighted by Crippen LogP contribution is 2.26. The lowest BCUT2D eigenvalue weighted by molar-refractivity contribution is 0.727. The van der Waals surface area contributed by atoms with Gasteiger partial charge in [0.1, 0.15) is 0 Å². The molecule has 1 N–H and O–H groups in total. The molecule has 0 aliphatic carbocycles. The van der Waals surface area contributed by atoms with Gasteiger partial charge in [0.25, 0.3) is 5.56 Å². The van der Waals surface area contributed by atoms with Crippen LogP contribution < -0.4 is 11.2 Å². The number of nitrogens with zero attached hydrogens (tertiary/aromatic N) is 3. The molecule has 0 spiro atoms. The Morgan fingerprint density at radius 2 is 2.00 bits per heavy atom. The molecule has 6 nitrogen and oxygen atoms in total. The number of aromatic nitrogens is 4. The smallest absolute Gasteiger partial charge is 0.309 e. The lowest BCUT2D eigenvalue weighted by Gasteiger charge is -2.10. The fourth-order valence-electron chi connectivity index (χ4n) is 2.54. The van der Waals surface area contributed by atoms with Crippen molar-refractivity contribution in [2.24, 2.45) is 7.05 Å². The summed E-state index contributed by atoms with van der Waals surface area (Å²) in [5.41, 5.74) is 2.14. The number of fused-ring (bicyclic) bond motifs is 1. The molecule has 0 aliphatic rings. The van der Waals surface area contributed by atoms with Gasteiger partial charge in [-0.25, -0.2) is 9.78 Å². The van der Waals surface area contributed by atoms with Gasteiger partial charge in [-0.1, -0.05) is 47.7 Å². The Balaban J connectivity index is 2.22. The molecule has 0 amide bonds. The maximum atomic E-state index is 12.4. The molecule has 1 aromatic carbocycles. The molecule has 0 saturated heterocycles. The molecule has 25 heavy (non-hydrogen) atoms. The summed E-state index contributed by atoms with van der Waals surface area (Å²) >= 11 is 1.51. The fourth-order valence-corrected chi connectivity index (χ4v) is 3.39. The van der Waals surface area contributed by atoms with Crippen LogP contribution >= 0.6 is 11.8 Å². The Bertz CT molecular complexity index is 1040. The van der Waals surface area contributed by atoms with Crippen LogP contribution in [0.4, 0.5) is 0 Å².